The van der Waals surface area contributed by atoms with Gasteiger partial charge in [0, 0.05) is 11.6 Å². The highest BCUT2D eigenvalue weighted by molar-refractivity contribution is 7.09. The Morgan fingerprint density at radius 3 is 2.58 bits per heavy atom. The summed E-state index contributed by atoms with van der Waals surface area (Å²) < 4.78 is 51.9. The van der Waals surface area contributed by atoms with Crippen molar-refractivity contribution in [3.63, 3.8) is 0 Å². The normalized spacial score (nSPS) is 13.5. The number of nitrogens with zero attached hydrogens (tertiary/aromatic N) is 1. The van der Waals surface area contributed by atoms with Crippen LogP contribution in [0, 0.1) is 5.82 Å². The third kappa shape index (κ3) is 2.93. The summed E-state index contributed by atoms with van der Waals surface area (Å²) in [6.45, 7) is 0. The first-order valence-electron chi connectivity index (χ1n) is 5.36. The number of thiazole rings is 1. The van der Waals surface area contributed by atoms with Gasteiger partial charge in [0.1, 0.15) is 10.8 Å². The lowest BCUT2D eigenvalue weighted by atomic mass is 10.00. The van der Waals surface area contributed by atoms with E-state index in [-0.39, 0.29) is 5.56 Å². The zero-order chi connectivity index (χ0) is 14.0. The van der Waals surface area contributed by atoms with Gasteiger partial charge in [0.2, 0.25) is 0 Å². The maximum Gasteiger partial charge on any atom is 0.416 e. The Morgan fingerprint density at radius 2 is 2.05 bits per heavy atom. The van der Waals surface area contributed by atoms with E-state index >= 15 is 0 Å². The van der Waals surface area contributed by atoms with Crippen LogP contribution in [0.15, 0.2) is 29.8 Å². The molecule has 0 spiro atoms. The summed E-state index contributed by atoms with van der Waals surface area (Å²) >= 11 is 1.24. The maximum atomic E-state index is 13.1. The van der Waals surface area contributed by atoms with Gasteiger partial charge in [-0.05, 0) is 24.7 Å². The van der Waals surface area contributed by atoms with Crippen LogP contribution in [0.5, 0.6) is 0 Å². The molecule has 2 aromatic rings. The molecular formula is C12H10F4N2S. The van der Waals surface area contributed by atoms with Gasteiger partial charge in [-0.15, -0.1) is 11.3 Å². The molecule has 19 heavy (non-hydrogen) atoms. The Bertz CT molecular complexity index is 551. The van der Waals surface area contributed by atoms with E-state index in [1.807, 2.05) is 0 Å². The number of hydrogen-bond acceptors (Lipinski definition) is 3. The van der Waals surface area contributed by atoms with Crippen molar-refractivity contribution >= 4 is 11.3 Å². The molecule has 1 N–H and O–H groups in total. The summed E-state index contributed by atoms with van der Waals surface area (Å²) in [6.07, 6.45) is -3.09. The second-order valence-corrected chi connectivity index (χ2v) is 4.75. The molecule has 102 valence electrons. The van der Waals surface area contributed by atoms with Crippen molar-refractivity contribution in [3.8, 4) is 0 Å². The van der Waals surface area contributed by atoms with Crippen molar-refractivity contribution in [3.05, 3.63) is 51.7 Å². The fourth-order valence-corrected chi connectivity index (χ4v) is 2.58. The molecule has 0 aliphatic heterocycles. The average Bonchev–Trinajstić information content (AvgIpc) is 2.84. The summed E-state index contributed by atoms with van der Waals surface area (Å²) in [7, 11) is 1.54. The number of alkyl halides is 3. The van der Waals surface area contributed by atoms with Gasteiger partial charge in [-0.2, -0.15) is 13.2 Å². The maximum absolute atomic E-state index is 13.1. The molecule has 0 aliphatic carbocycles. The van der Waals surface area contributed by atoms with Crippen LogP contribution in [-0.4, -0.2) is 12.0 Å². The molecule has 1 atom stereocenters. The Labute approximate surface area is 111 Å². The summed E-state index contributed by atoms with van der Waals surface area (Å²) in [4.78, 5) is 4.00. The quantitative estimate of drug-likeness (QED) is 0.874. The minimum Gasteiger partial charge on any atom is -0.307 e. The zero-order valence-corrected chi connectivity index (χ0v) is 10.6. The van der Waals surface area contributed by atoms with Crippen LogP contribution in [0.25, 0.3) is 0 Å². The first-order chi connectivity index (χ1) is 8.93. The first kappa shape index (κ1) is 14.0. The van der Waals surface area contributed by atoms with E-state index in [4.69, 9.17) is 0 Å². The van der Waals surface area contributed by atoms with Crippen molar-refractivity contribution in [2.24, 2.45) is 0 Å². The van der Waals surface area contributed by atoms with Gasteiger partial charge in [-0.25, -0.2) is 9.37 Å². The lowest BCUT2D eigenvalue weighted by Gasteiger charge is -2.19. The standard InChI is InChI=1S/C12H10F4N2S/c1-17-10(11-18-4-5-19-11)8-3-2-7(13)6-9(8)12(14,15)16/h2-6,10,17H,1H3. The molecule has 1 aromatic carbocycles. The summed E-state index contributed by atoms with van der Waals surface area (Å²) in [5, 5.41) is 4.95. The number of rotatable bonds is 3. The molecule has 0 amide bonds. The molecule has 2 rings (SSSR count). The van der Waals surface area contributed by atoms with E-state index in [1.165, 1.54) is 24.6 Å². The van der Waals surface area contributed by atoms with Gasteiger partial charge in [0.25, 0.3) is 0 Å². The van der Waals surface area contributed by atoms with Crippen molar-refractivity contribution in [1.29, 1.82) is 0 Å². The van der Waals surface area contributed by atoms with Gasteiger partial charge in [-0.1, -0.05) is 6.07 Å². The van der Waals surface area contributed by atoms with E-state index < -0.39 is 23.6 Å². The average molecular weight is 290 g/mol. The fourth-order valence-electron chi connectivity index (χ4n) is 1.81. The molecule has 1 heterocycles. The Balaban J connectivity index is 2.55. The van der Waals surface area contributed by atoms with Gasteiger partial charge >= 0.3 is 6.18 Å². The third-order valence-electron chi connectivity index (χ3n) is 2.62. The smallest absolute Gasteiger partial charge is 0.307 e. The largest absolute Gasteiger partial charge is 0.416 e. The van der Waals surface area contributed by atoms with Crippen LogP contribution in [-0.2, 0) is 6.18 Å². The Morgan fingerprint density at radius 1 is 1.32 bits per heavy atom. The summed E-state index contributed by atoms with van der Waals surface area (Å²) in [5.74, 6) is -0.912. The SMILES string of the molecule is CNC(c1nccs1)c1ccc(F)cc1C(F)(F)F. The molecule has 0 aliphatic rings. The van der Waals surface area contributed by atoms with E-state index in [1.54, 1.807) is 5.38 Å². The number of nitrogens with one attached hydrogen (secondary N) is 1. The van der Waals surface area contributed by atoms with Crippen LogP contribution in [0.3, 0.4) is 0 Å². The molecule has 0 saturated heterocycles. The molecule has 7 heteroatoms. The Hall–Kier alpha value is -1.47. The molecule has 0 fully saturated rings. The van der Waals surface area contributed by atoms with Crippen molar-refractivity contribution in [2.45, 2.75) is 12.2 Å². The first-order valence-corrected chi connectivity index (χ1v) is 6.24. The van der Waals surface area contributed by atoms with E-state index in [0.29, 0.717) is 11.1 Å². The number of halogens is 4. The third-order valence-corrected chi connectivity index (χ3v) is 3.46. The molecule has 0 radical (unpaired) electrons. The van der Waals surface area contributed by atoms with Crippen molar-refractivity contribution in [1.82, 2.24) is 10.3 Å². The monoisotopic (exact) mass is 290 g/mol. The highest BCUT2D eigenvalue weighted by Gasteiger charge is 2.36. The number of hydrogen-bond donors (Lipinski definition) is 1. The zero-order valence-electron chi connectivity index (χ0n) is 9.83. The van der Waals surface area contributed by atoms with Crippen molar-refractivity contribution < 1.29 is 17.6 Å². The predicted molar refractivity (Wildman–Crippen MR) is 64.4 cm³/mol. The minimum absolute atomic E-state index is 0.0358. The number of aromatic nitrogens is 1. The molecule has 1 unspecified atom stereocenters. The second-order valence-electron chi connectivity index (χ2n) is 3.82. The summed E-state index contributed by atoms with van der Waals surface area (Å²) in [6, 6.07) is 1.95. The van der Waals surface area contributed by atoms with Gasteiger partial charge in [0.05, 0.1) is 11.6 Å². The lowest BCUT2D eigenvalue weighted by Crippen LogP contribution is -2.22. The second kappa shape index (κ2) is 5.26. The van der Waals surface area contributed by atoms with Crippen LogP contribution >= 0.6 is 11.3 Å². The van der Waals surface area contributed by atoms with Crippen LogP contribution in [0.2, 0.25) is 0 Å². The lowest BCUT2D eigenvalue weighted by molar-refractivity contribution is -0.138. The van der Waals surface area contributed by atoms with E-state index in [0.717, 1.165) is 12.1 Å². The highest BCUT2D eigenvalue weighted by atomic mass is 32.1. The predicted octanol–water partition coefficient (Wildman–Crippen LogP) is 3.61. The highest BCUT2D eigenvalue weighted by Crippen LogP contribution is 2.37. The van der Waals surface area contributed by atoms with Crippen LogP contribution < -0.4 is 5.32 Å². The number of benzene rings is 1. The minimum atomic E-state index is -4.61. The van der Waals surface area contributed by atoms with Crippen LogP contribution in [0.1, 0.15) is 22.2 Å². The summed E-state index contributed by atoms with van der Waals surface area (Å²) in [5.41, 5.74) is -1.02. The van der Waals surface area contributed by atoms with Gasteiger partial charge in [0.15, 0.2) is 0 Å². The molecular weight excluding hydrogens is 280 g/mol. The molecule has 0 bridgehead atoms. The molecule has 2 nitrogen and oxygen atoms in total. The van der Waals surface area contributed by atoms with Crippen LogP contribution in [0.4, 0.5) is 17.6 Å². The van der Waals surface area contributed by atoms with E-state index in [2.05, 4.69) is 10.3 Å². The van der Waals surface area contributed by atoms with Gasteiger partial charge < -0.3 is 5.32 Å². The topological polar surface area (TPSA) is 24.9 Å². The van der Waals surface area contributed by atoms with E-state index in [9.17, 15) is 17.6 Å². The van der Waals surface area contributed by atoms with Gasteiger partial charge in [-0.3, -0.25) is 0 Å². The molecule has 1 aromatic heterocycles. The molecule has 0 saturated carbocycles. The van der Waals surface area contributed by atoms with Crippen molar-refractivity contribution in [2.75, 3.05) is 7.05 Å². The Kier molecular flexibility index (Phi) is 3.86. The fraction of sp³-hybridized carbons (Fsp3) is 0.250.